The van der Waals surface area contributed by atoms with Gasteiger partial charge in [0.15, 0.2) is 5.82 Å². The average Bonchev–Trinajstić information content (AvgIpc) is 3.25. The zero-order valence-electron chi connectivity index (χ0n) is 15.8. The number of methoxy groups -OCH3 is 1. The summed E-state index contributed by atoms with van der Waals surface area (Å²) in [6.45, 7) is 1.65. The lowest BCUT2D eigenvalue weighted by atomic mass is 10.1. The highest BCUT2D eigenvalue weighted by Gasteiger charge is 2.24. The quantitative estimate of drug-likeness (QED) is 0.714. The second-order valence-corrected chi connectivity index (χ2v) is 6.84. The smallest absolute Gasteiger partial charge is 0.270 e. The highest BCUT2D eigenvalue weighted by atomic mass is 16.5. The number of hydrogen-bond acceptors (Lipinski definition) is 5. The molecule has 2 N–H and O–H groups in total. The van der Waals surface area contributed by atoms with Crippen molar-refractivity contribution >= 4 is 11.7 Å². The van der Waals surface area contributed by atoms with Crippen molar-refractivity contribution in [3.63, 3.8) is 0 Å². The molecule has 0 aliphatic carbocycles. The molecule has 0 spiro atoms. The first-order valence-electron chi connectivity index (χ1n) is 9.39. The summed E-state index contributed by atoms with van der Waals surface area (Å²) in [5.74, 6) is 1.59. The minimum absolute atomic E-state index is 0.0735. The maximum atomic E-state index is 12.4. The minimum Gasteiger partial charge on any atom is -0.497 e. The predicted octanol–water partition coefficient (Wildman–Crippen LogP) is 2.88. The lowest BCUT2D eigenvalue weighted by Gasteiger charge is -2.33. The summed E-state index contributed by atoms with van der Waals surface area (Å²) >= 11 is 0. The fraction of sp³-hybridized carbons (Fsp3) is 0.286. The summed E-state index contributed by atoms with van der Waals surface area (Å²) in [7, 11) is 1.66. The zero-order valence-corrected chi connectivity index (χ0v) is 15.8. The van der Waals surface area contributed by atoms with E-state index in [2.05, 4.69) is 25.4 Å². The molecule has 1 fully saturated rings. The maximum Gasteiger partial charge on any atom is 0.270 e. The molecule has 0 unspecified atom stereocenters. The molecule has 1 aliphatic rings. The molecule has 1 amide bonds. The molecule has 1 aliphatic heterocycles. The van der Waals surface area contributed by atoms with E-state index in [1.54, 1.807) is 25.4 Å². The van der Waals surface area contributed by atoms with Gasteiger partial charge in [-0.3, -0.25) is 14.9 Å². The molecule has 0 saturated carbocycles. The monoisotopic (exact) mass is 377 g/mol. The Morgan fingerprint density at radius 3 is 2.86 bits per heavy atom. The first-order valence-corrected chi connectivity index (χ1v) is 9.39. The second-order valence-electron chi connectivity index (χ2n) is 6.84. The lowest BCUT2D eigenvalue weighted by Crippen LogP contribution is -2.48. The van der Waals surface area contributed by atoms with Gasteiger partial charge in [-0.25, -0.2) is 0 Å². The number of anilines is 1. The topological polar surface area (TPSA) is 83.1 Å². The number of ether oxygens (including phenoxy) is 1. The molecular formula is C21H23N5O2. The van der Waals surface area contributed by atoms with Crippen LogP contribution in [0.2, 0.25) is 0 Å². The van der Waals surface area contributed by atoms with Gasteiger partial charge in [-0.1, -0.05) is 6.07 Å². The van der Waals surface area contributed by atoms with Gasteiger partial charge in [0.2, 0.25) is 0 Å². The molecular weight excluding hydrogens is 354 g/mol. The third kappa shape index (κ3) is 3.98. The number of carbonyl (C=O) groups is 1. The third-order valence-electron chi connectivity index (χ3n) is 4.94. The molecule has 1 saturated heterocycles. The van der Waals surface area contributed by atoms with Gasteiger partial charge in [0.25, 0.3) is 5.91 Å². The van der Waals surface area contributed by atoms with Crippen molar-refractivity contribution in [1.29, 1.82) is 0 Å². The highest BCUT2D eigenvalue weighted by molar-refractivity contribution is 5.92. The van der Waals surface area contributed by atoms with Crippen LogP contribution in [0.3, 0.4) is 0 Å². The van der Waals surface area contributed by atoms with Crippen LogP contribution in [-0.2, 0) is 0 Å². The Balaban J connectivity index is 1.42. The predicted molar refractivity (Wildman–Crippen MR) is 108 cm³/mol. The molecule has 4 rings (SSSR count). The van der Waals surface area contributed by atoms with Crippen molar-refractivity contribution in [3.8, 4) is 17.0 Å². The van der Waals surface area contributed by atoms with E-state index in [9.17, 15) is 4.79 Å². The number of H-pyrrole nitrogens is 1. The number of aromatic amines is 1. The standard InChI is InChI=1S/C21H23N5O2/c1-28-17-9-7-15(8-10-17)19-13-20(25-24-19)26-12-4-5-16(14-26)23-21(27)18-6-2-3-11-22-18/h2-3,6-11,13,16H,4-5,12,14H2,1H3,(H,23,27)(H,24,25)/t16-/m0/s1. The van der Waals surface area contributed by atoms with Gasteiger partial charge in [0.1, 0.15) is 11.4 Å². The van der Waals surface area contributed by atoms with Gasteiger partial charge in [0.05, 0.1) is 12.8 Å². The van der Waals surface area contributed by atoms with Crippen LogP contribution in [0.25, 0.3) is 11.3 Å². The van der Waals surface area contributed by atoms with Crippen molar-refractivity contribution in [2.45, 2.75) is 18.9 Å². The van der Waals surface area contributed by atoms with Crippen molar-refractivity contribution in [2.75, 3.05) is 25.1 Å². The summed E-state index contributed by atoms with van der Waals surface area (Å²) in [5, 5.41) is 10.7. The number of hydrogen-bond donors (Lipinski definition) is 2. The van der Waals surface area contributed by atoms with E-state index in [1.807, 2.05) is 36.4 Å². The van der Waals surface area contributed by atoms with E-state index in [0.717, 1.165) is 48.8 Å². The third-order valence-corrected chi connectivity index (χ3v) is 4.94. The Kier molecular flexibility index (Phi) is 5.23. The summed E-state index contributed by atoms with van der Waals surface area (Å²) in [6.07, 6.45) is 3.58. The number of carbonyl (C=O) groups excluding carboxylic acids is 1. The van der Waals surface area contributed by atoms with Crippen LogP contribution in [0, 0.1) is 0 Å². The lowest BCUT2D eigenvalue weighted by molar-refractivity contribution is 0.0928. The molecule has 144 valence electrons. The first kappa shape index (κ1) is 18.0. The van der Waals surface area contributed by atoms with Gasteiger partial charge in [0, 0.05) is 31.4 Å². The Bertz CT molecular complexity index is 923. The van der Waals surface area contributed by atoms with Crippen molar-refractivity contribution in [1.82, 2.24) is 20.5 Å². The van der Waals surface area contributed by atoms with Crippen LogP contribution in [0.15, 0.2) is 54.7 Å². The van der Waals surface area contributed by atoms with Crippen molar-refractivity contribution in [3.05, 3.63) is 60.4 Å². The summed E-state index contributed by atoms with van der Waals surface area (Å²) in [5.41, 5.74) is 2.45. The number of amides is 1. The summed E-state index contributed by atoms with van der Waals surface area (Å²) in [4.78, 5) is 18.7. The number of benzene rings is 1. The van der Waals surface area contributed by atoms with E-state index < -0.39 is 0 Å². The van der Waals surface area contributed by atoms with Crippen molar-refractivity contribution in [2.24, 2.45) is 0 Å². The van der Waals surface area contributed by atoms with Crippen LogP contribution < -0.4 is 15.0 Å². The molecule has 3 heterocycles. The van der Waals surface area contributed by atoms with E-state index in [0.29, 0.717) is 5.69 Å². The Hall–Kier alpha value is -3.35. The molecule has 7 heteroatoms. The Morgan fingerprint density at radius 2 is 2.11 bits per heavy atom. The molecule has 1 atom stereocenters. The van der Waals surface area contributed by atoms with Crippen LogP contribution in [0.4, 0.5) is 5.82 Å². The molecule has 1 aromatic carbocycles. The van der Waals surface area contributed by atoms with Gasteiger partial charge < -0.3 is 15.0 Å². The van der Waals surface area contributed by atoms with Crippen LogP contribution in [-0.4, -0.2) is 47.3 Å². The number of nitrogens with one attached hydrogen (secondary N) is 2. The number of pyridine rings is 1. The summed E-state index contributed by atoms with van der Waals surface area (Å²) < 4.78 is 5.21. The van der Waals surface area contributed by atoms with Gasteiger partial charge in [-0.15, -0.1) is 0 Å². The largest absolute Gasteiger partial charge is 0.497 e. The van der Waals surface area contributed by atoms with Gasteiger partial charge >= 0.3 is 0 Å². The van der Waals surface area contributed by atoms with Crippen molar-refractivity contribution < 1.29 is 9.53 Å². The molecule has 3 aromatic rings. The fourth-order valence-electron chi connectivity index (χ4n) is 3.45. The van der Waals surface area contributed by atoms with Gasteiger partial charge in [-0.2, -0.15) is 5.10 Å². The van der Waals surface area contributed by atoms with E-state index in [4.69, 9.17) is 4.74 Å². The van der Waals surface area contributed by atoms with Crippen LogP contribution >= 0.6 is 0 Å². The number of piperidine rings is 1. The highest BCUT2D eigenvalue weighted by Crippen LogP contribution is 2.25. The second kappa shape index (κ2) is 8.12. The maximum absolute atomic E-state index is 12.4. The fourth-order valence-corrected chi connectivity index (χ4v) is 3.45. The number of rotatable bonds is 5. The summed E-state index contributed by atoms with van der Waals surface area (Å²) in [6, 6.07) is 15.3. The number of aromatic nitrogens is 3. The van der Waals surface area contributed by atoms with E-state index in [-0.39, 0.29) is 11.9 Å². The van der Waals surface area contributed by atoms with Gasteiger partial charge in [-0.05, 0) is 54.8 Å². The SMILES string of the molecule is COc1ccc(-c2cc(N3CCC[C@H](NC(=O)c4ccccn4)C3)n[nH]2)cc1. The molecule has 2 aromatic heterocycles. The normalized spacial score (nSPS) is 16.6. The first-order chi connectivity index (χ1) is 13.7. The number of nitrogens with zero attached hydrogens (tertiary/aromatic N) is 3. The molecule has 28 heavy (non-hydrogen) atoms. The average molecular weight is 377 g/mol. The van der Waals surface area contributed by atoms with E-state index >= 15 is 0 Å². The Morgan fingerprint density at radius 1 is 1.25 bits per heavy atom. The molecule has 0 radical (unpaired) electrons. The van der Waals surface area contributed by atoms with Crippen LogP contribution in [0.5, 0.6) is 5.75 Å². The van der Waals surface area contributed by atoms with Crippen LogP contribution in [0.1, 0.15) is 23.3 Å². The molecule has 7 nitrogen and oxygen atoms in total. The molecule has 0 bridgehead atoms. The van der Waals surface area contributed by atoms with E-state index in [1.165, 1.54) is 0 Å². The minimum atomic E-state index is -0.131. The zero-order chi connectivity index (χ0) is 19.3. The Labute approximate surface area is 163 Å².